The van der Waals surface area contributed by atoms with Gasteiger partial charge in [0.1, 0.15) is 0 Å². The third-order valence-corrected chi connectivity index (χ3v) is 5.01. The lowest BCUT2D eigenvalue weighted by atomic mass is 10.1. The van der Waals surface area contributed by atoms with Crippen LogP contribution in [-0.2, 0) is 19.2 Å². The van der Waals surface area contributed by atoms with E-state index >= 15 is 0 Å². The van der Waals surface area contributed by atoms with Crippen molar-refractivity contribution in [2.75, 3.05) is 26.2 Å². The van der Waals surface area contributed by atoms with Gasteiger partial charge in [0.25, 0.3) is 0 Å². The van der Waals surface area contributed by atoms with Crippen molar-refractivity contribution >= 4 is 23.8 Å². The van der Waals surface area contributed by atoms with E-state index in [9.17, 15) is 19.2 Å². The molecule has 0 aromatic heterocycles. The summed E-state index contributed by atoms with van der Waals surface area (Å²) >= 11 is 0. The second kappa shape index (κ2) is 17.7. The number of hydrogen-bond acceptors (Lipinski definition) is 4. The van der Waals surface area contributed by atoms with Crippen LogP contribution in [0.25, 0.3) is 0 Å². The topological polar surface area (TPSA) is 115 Å². The van der Waals surface area contributed by atoms with E-state index in [1.165, 1.54) is 0 Å². The average Bonchev–Trinajstić information content (AvgIpc) is 2.70. The predicted molar refractivity (Wildman–Crippen MR) is 115 cm³/mol. The monoisotopic (exact) mass is 428 g/mol. The van der Waals surface area contributed by atoms with Crippen molar-refractivity contribution in [2.45, 2.75) is 90.9 Å². The fourth-order valence-electron chi connectivity index (χ4n) is 3.17. The summed E-state index contributed by atoms with van der Waals surface area (Å²) in [6.07, 6.45) is 7.49. The number of unbranched alkanes of at least 4 members (excludes halogenated alkanes) is 6. The molecule has 30 heavy (non-hydrogen) atoms. The molecule has 0 aliphatic heterocycles. The number of nitrogens with zero attached hydrogens (tertiary/aromatic N) is 2. The smallest absolute Gasteiger partial charge is 0.303 e. The first-order chi connectivity index (χ1) is 14.3. The molecule has 0 aromatic rings. The highest BCUT2D eigenvalue weighted by Crippen LogP contribution is 2.08. The van der Waals surface area contributed by atoms with Gasteiger partial charge in [0.05, 0.1) is 12.8 Å². The number of aliphatic carboxylic acids is 2. The minimum Gasteiger partial charge on any atom is -0.481 e. The summed E-state index contributed by atoms with van der Waals surface area (Å²) < 4.78 is 0. The third-order valence-electron chi connectivity index (χ3n) is 5.01. The van der Waals surface area contributed by atoms with Gasteiger partial charge >= 0.3 is 11.9 Å². The molecule has 0 atom stereocenters. The van der Waals surface area contributed by atoms with Gasteiger partial charge in [-0.1, -0.05) is 52.4 Å². The van der Waals surface area contributed by atoms with Gasteiger partial charge < -0.3 is 20.0 Å². The maximum atomic E-state index is 12.5. The summed E-state index contributed by atoms with van der Waals surface area (Å²) in [7, 11) is 0. The molecule has 2 amide bonds. The first-order valence-corrected chi connectivity index (χ1v) is 11.3. The van der Waals surface area contributed by atoms with Crippen LogP contribution in [-0.4, -0.2) is 69.9 Å². The van der Waals surface area contributed by atoms with E-state index in [-0.39, 0.29) is 37.5 Å². The lowest BCUT2D eigenvalue weighted by Gasteiger charge is -2.28. The lowest BCUT2D eigenvalue weighted by molar-refractivity contribution is -0.142. The summed E-state index contributed by atoms with van der Waals surface area (Å²) in [5, 5.41) is 17.7. The molecule has 0 unspecified atom stereocenters. The SMILES string of the molecule is CCCCCCN(CCN(CCCCCC)C(=O)CCC(=O)O)C(=O)CCC(=O)O. The molecule has 0 heterocycles. The Morgan fingerprint density at radius 1 is 0.533 bits per heavy atom. The Hall–Kier alpha value is -2.12. The number of hydrogen-bond donors (Lipinski definition) is 2. The zero-order valence-corrected chi connectivity index (χ0v) is 18.7. The fraction of sp³-hybridized carbons (Fsp3) is 0.818. The van der Waals surface area contributed by atoms with Crippen molar-refractivity contribution in [1.82, 2.24) is 9.80 Å². The molecule has 174 valence electrons. The molecule has 0 aliphatic rings. The van der Waals surface area contributed by atoms with Crippen molar-refractivity contribution in [3.8, 4) is 0 Å². The molecule has 0 saturated carbocycles. The number of carbonyl (C=O) groups is 4. The summed E-state index contributed by atoms with van der Waals surface area (Å²) in [6, 6.07) is 0. The molecule has 0 aliphatic carbocycles. The maximum Gasteiger partial charge on any atom is 0.303 e. The van der Waals surface area contributed by atoms with E-state index in [1.54, 1.807) is 9.80 Å². The second-order valence-corrected chi connectivity index (χ2v) is 7.67. The van der Waals surface area contributed by atoms with Crippen LogP contribution < -0.4 is 0 Å². The Bertz CT molecular complexity index is 478. The molecule has 8 heteroatoms. The van der Waals surface area contributed by atoms with Crippen molar-refractivity contribution < 1.29 is 29.4 Å². The highest BCUT2D eigenvalue weighted by atomic mass is 16.4. The van der Waals surface area contributed by atoms with E-state index in [0.717, 1.165) is 51.4 Å². The van der Waals surface area contributed by atoms with Gasteiger partial charge in [-0.25, -0.2) is 0 Å². The van der Waals surface area contributed by atoms with Crippen LogP contribution in [0.5, 0.6) is 0 Å². The van der Waals surface area contributed by atoms with Crippen LogP contribution in [0, 0.1) is 0 Å². The molecular weight excluding hydrogens is 388 g/mol. The zero-order chi connectivity index (χ0) is 22.8. The van der Waals surface area contributed by atoms with E-state index in [2.05, 4.69) is 13.8 Å². The molecule has 0 saturated heterocycles. The molecule has 2 N–H and O–H groups in total. The van der Waals surface area contributed by atoms with E-state index in [1.807, 2.05) is 0 Å². The molecule has 0 rings (SSSR count). The predicted octanol–water partition coefficient (Wildman–Crippen LogP) is 3.53. The van der Waals surface area contributed by atoms with Gasteiger partial charge in [-0.2, -0.15) is 0 Å². The van der Waals surface area contributed by atoms with Gasteiger partial charge in [0.15, 0.2) is 0 Å². The number of carboxylic acid groups (broad SMARTS) is 2. The van der Waals surface area contributed by atoms with Crippen molar-refractivity contribution in [3.05, 3.63) is 0 Å². The number of carboxylic acids is 2. The van der Waals surface area contributed by atoms with Gasteiger partial charge in [-0.3, -0.25) is 19.2 Å². The zero-order valence-electron chi connectivity index (χ0n) is 18.7. The summed E-state index contributed by atoms with van der Waals surface area (Å²) in [5.74, 6) is -2.43. The molecule has 0 spiro atoms. The standard InChI is InChI=1S/C22H40N2O6/c1-3-5-7-9-15-23(19(25)11-13-21(27)28)17-18-24(16-10-8-6-4-2)20(26)12-14-22(29)30/h3-18H2,1-2H3,(H,27,28)(H,29,30). The molecular formula is C22H40N2O6. The minimum absolute atomic E-state index is 0.0490. The summed E-state index contributed by atoms with van der Waals surface area (Å²) in [4.78, 5) is 49.9. The van der Waals surface area contributed by atoms with Crippen LogP contribution in [0.15, 0.2) is 0 Å². The van der Waals surface area contributed by atoms with Gasteiger partial charge in [-0.05, 0) is 12.8 Å². The Morgan fingerprint density at radius 3 is 1.20 bits per heavy atom. The second-order valence-electron chi connectivity index (χ2n) is 7.67. The number of rotatable bonds is 19. The van der Waals surface area contributed by atoms with Crippen molar-refractivity contribution in [1.29, 1.82) is 0 Å². The Kier molecular flexibility index (Phi) is 16.5. The van der Waals surface area contributed by atoms with Crippen LogP contribution in [0.4, 0.5) is 0 Å². The Morgan fingerprint density at radius 2 is 0.900 bits per heavy atom. The molecule has 0 fully saturated rings. The van der Waals surface area contributed by atoms with Crippen LogP contribution in [0.1, 0.15) is 90.9 Å². The first kappa shape index (κ1) is 27.9. The first-order valence-electron chi connectivity index (χ1n) is 11.3. The van der Waals surface area contributed by atoms with Crippen LogP contribution in [0.3, 0.4) is 0 Å². The normalized spacial score (nSPS) is 10.6. The van der Waals surface area contributed by atoms with Crippen LogP contribution >= 0.6 is 0 Å². The third kappa shape index (κ3) is 14.8. The molecule has 0 bridgehead atoms. The quantitative estimate of drug-likeness (QED) is 0.304. The maximum absolute atomic E-state index is 12.5. The van der Waals surface area contributed by atoms with Crippen molar-refractivity contribution in [2.24, 2.45) is 0 Å². The Labute approximate surface area is 180 Å². The van der Waals surface area contributed by atoms with Gasteiger partial charge in [0.2, 0.25) is 11.8 Å². The Balaban J connectivity index is 4.90. The molecule has 8 nitrogen and oxygen atoms in total. The molecule has 0 radical (unpaired) electrons. The number of carbonyl (C=O) groups excluding carboxylic acids is 2. The van der Waals surface area contributed by atoms with E-state index in [4.69, 9.17) is 10.2 Å². The van der Waals surface area contributed by atoms with Crippen molar-refractivity contribution in [3.63, 3.8) is 0 Å². The number of amides is 2. The lowest BCUT2D eigenvalue weighted by Crippen LogP contribution is -2.42. The van der Waals surface area contributed by atoms with Gasteiger partial charge in [0, 0.05) is 39.0 Å². The fourth-order valence-corrected chi connectivity index (χ4v) is 3.17. The molecule has 0 aromatic carbocycles. The minimum atomic E-state index is -1.00. The highest BCUT2D eigenvalue weighted by Gasteiger charge is 2.19. The van der Waals surface area contributed by atoms with E-state index < -0.39 is 11.9 Å². The summed E-state index contributed by atoms with van der Waals surface area (Å²) in [6.45, 7) is 6.00. The average molecular weight is 429 g/mol. The van der Waals surface area contributed by atoms with Gasteiger partial charge in [-0.15, -0.1) is 0 Å². The van der Waals surface area contributed by atoms with Crippen LogP contribution in [0.2, 0.25) is 0 Å². The van der Waals surface area contributed by atoms with E-state index in [0.29, 0.717) is 26.2 Å². The summed E-state index contributed by atoms with van der Waals surface area (Å²) in [5.41, 5.74) is 0. The largest absolute Gasteiger partial charge is 0.481 e. The highest BCUT2D eigenvalue weighted by molar-refractivity contribution is 5.81.